The van der Waals surface area contributed by atoms with Gasteiger partial charge in [-0.05, 0) is 38.0 Å². The van der Waals surface area contributed by atoms with E-state index < -0.39 is 0 Å². The number of ether oxygens (including phenoxy) is 1. The maximum Gasteiger partial charge on any atom is 0.238 e. The van der Waals surface area contributed by atoms with Gasteiger partial charge >= 0.3 is 0 Å². The summed E-state index contributed by atoms with van der Waals surface area (Å²) in [7, 11) is 1.69. The van der Waals surface area contributed by atoms with Crippen LogP contribution >= 0.6 is 12.4 Å². The summed E-state index contributed by atoms with van der Waals surface area (Å²) in [6, 6.07) is 12.4. The average molecular weight is 404 g/mol. The third-order valence-corrected chi connectivity index (χ3v) is 5.14. The van der Waals surface area contributed by atoms with Crippen molar-refractivity contribution in [2.24, 2.45) is 0 Å². The Morgan fingerprint density at radius 1 is 1.21 bits per heavy atom. The first-order valence-corrected chi connectivity index (χ1v) is 9.45. The molecule has 0 aromatic heterocycles. The molecule has 1 heterocycles. The highest BCUT2D eigenvalue weighted by Gasteiger charge is 2.27. The first-order chi connectivity index (χ1) is 13.0. The second-order valence-electron chi connectivity index (χ2n) is 7.25. The molecule has 1 aliphatic rings. The highest BCUT2D eigenvalue weighted by atomic mass is 35.5. The second kappa shape index (κ2) is 9.92. The number of benzene rings is 2. The maximum atomic E-state index is 12.8. The number of halogens is 1. The molecular weight excluding hydrogens is 374 g/mol. The number of carbonyl (C=O) groups excluding carboxylic acids is 1. The first kappa shape index (κ1) is 22.2. The van der Waals surface area contributed by atoms with E-state index in [1.165, 1.54) is 5.56 Å². The molecular formula is C22H30ClN3O2. The zero-order valence-corrected chi connectivity index (χ0v) is 17.9. The summed E-state index contributed by atoms with van der Waals surface area (Å²) in [5.41, 5.74) is 5.45. The molecule has 5 nitrogen and oxygen atoms in total. The highest BCUT2D eigenvalue weighted by molar-refractivity contribution is 5.93. The number of methoxy groups -OCH3 is 1. The van der Waals surface area contributed by atoms with Gasteiger partial charge in [0.25, 0.3) is 0 Å². The SMILES string of the molecule is COc1ccccc1C1CNCCN1CC(=O)Nc1c(C)cc(C)cc1C.Cl. The Balaban J connectivity index is 0.00000280. The van der Waals surface area contributed by atoms with Crippen LogP contribution in [0.2, 0.25) is 0 Å². The van der Waals surface area contributed by atoms with Crippen molar-refractivity contribution in [3.8, 4) is 5.75 Å². The number of anilines is 1. The van der Waals surface area contributed by atoms with E-state index in [9.17, 15) is 4.79 Å². The number of aryl methyl sites for hydroxylation is 3. The molecule has 2 N–H and O–H groups in total. The molecule has 1 atom stereocenters. The minimum absolute atomic E-state index is 0. The number of rotatable bonds is 5. The van der Waals surface area contributed by atoms with E-state index in [0.717, 1.165) is 47.8 Å². The van der Waals surface area contributed by atoms with Crippen molar-refractivity contribution in [3.63, 3.8) is 0 Å². The van der Waals surface area contributed by atoms with Crippen molar-refractivity contribution >= 4 is 24.0 Å². The van der Waals surface area contributed by atoms with Crippen molar-refractivity contribution in [3.05, 3.63) is 58.7 Å². The predicted octanol–water partition coefficient (Wildman–Crippen LogP) is 3.63. The van der Waals surface area contributed by atoms with E-state index in [1.54, 1.807) is 7.11 Å². The monoisotopic (exact) mass is 403 g/mol. The van der Waals surface area contributed by atoms with Gasteiger partial charge < -0.3 is 15.4 Å². The minimum Gasteiger partial charge on any atom is -0.496 e. The first-order valence-electron chi connectivity index (χ1n) is 9.45. The Bertz CT molecular complexity index is 802. The van der Waals surface area contributed by atoms with Crippen LogP contribution in [0, 0.1) is 20.8 Å². The lowest BCUT2D eigenvalue weighted by Gasteiger charge is -2.36. The van der Waals surface area contributed by atoms with E-state index in [1.807, 2.05) is 32.0 Å². The summed E-state index contributed by atoms with van der Waals surface area (Å²) in [5.74, 6) is 0.883. The normalized spacial score (nSPS) is 16.9. The van der Waals surface area contributed by atoms with Gasteiger partial charge in [0.05, 0.1) is 19.7 Å². The van der Waals surface area contributed by atoms with Crippen molar-refractivity contribution in [2.75, 3.05) is 38.6 Å². The lowest BCUT2D eigenvalue weighted by molar-refractivity contribution is -0.118. The maximum absolute atomic E-state index is 12.8. The second-order valence-corrected chi connectivity index (χ2v) is 7.25. The van der Waals surface area contributed by atoms with Crippen LogP contribution in [0.1, 0.15) is 28.3 Å². The van der Waals surface area contributed by atoms with Crippen LogP contribution in [0.15, 0.2) is 36.4 Å². The third kappa shape index (κ3) is 5.04. The molecule has 1 amide bonds. The van der Waals surface area contributed by atoms with Gasteiger partial charge in [-0.1, -0.05) is 35.9 Å². The van der Waals surface area contributed by atoms with E-state index in [4.69, 9.17) is 4.74 Å². The highest BCUT2D eigenvalue weighted by Crippen LogP contribution is 2.30. The van der Waals surface area contributed by atoms with Crippen molar-refractivity contribution in [1.29, 1.82) is 0 Å². The molecule has 0 aliphatic carbocycles. The van der Waals surface area contributed by atoms with Gasteiger partial charge in [0, 0.05) is 30.9 Å². The zero-order valence-electron chi connectivity index (χ0n) is 17.0. The Morgan fingerprint density at radius 3 is 2.57 bits per heavy atom. The molecule has 28 heavy (non-hydrogen) atoms. The molecule has 0 bridgehead atoms. The Morgan fingerprint density at radius 2 is 1.89 bits per heavy atom. The van der Waals surface area contributed by atoms with Gasteiger partial charge in [-0.15, -0.1) is 12.4 Å². The molecule has 0 spiro atoms. The lowest BCUT2D eigenvalue weighted by atomic mass is 10.0. The van der Waals surface area contributed by atoms with E-state index in [2.05, 4.69) is 40.7 Å². The van der Waals surface area contributed by atoms with Crippen LogP contribution in [-0.4, -0.2) is 44.1 Å². The quantitative estimate of drug-likeness (QED) is 0.800. The van der Waals surface area contributed by atoms with Gasteiger partial charge in [-0.25, -0.2) is 0 Å². The molecule has 1 saturated heterocycles. The predicted molar refractivity (Wildman–Crippen MR) is 117 cm³/mol. The Kier molecular flexibility index (Phi) is 7.87. The minimum atomic E-state index is 0. The number of nitrogens with one attached hydrogen (secondary N) is 2. The van der Waals surface area contributed by atoms with Crippen molar-refractivity contribution in [2.45, 2.75) is 26.8 Å². The topological polar surface area (TPSA) is 53.6 Å². The number of amides is 1. The van der Waals surface area contributed by atoms with Gasteiger partial charge in [-0.2, -0.15) is 0 Å². The summed E-state index contributed by atoms with van der Waals surface area (Å²) >= 11 is 0. The molecule has 1 fully saturated rings. The van der Waals surface area contributed by atoms with Gasteiger partial charge in [0.2, 0.25) is 5.91 Å². The summed E-state index contributed by atoms with van der Waals surface area (Å²) in [6.07, 6.45) is 0. The average Bonchev–Trinajstić information content (AvgIpc) is 2.65. The summed E-state index contributed by atoms with van der Waals surface area (Å²) in [4.78, 5) is 15.0. The number of hydrogen-bond donors (Lipinski definition) is 2. The molecule has 3 rings (SSSR count). The van der Waals surface area contributed by atoms with E-state index in [0.29, 0.717) is 6.54 Å². The number of carbonyl (C=O) groups is 1. The molecule has 6 heteroatoms. The molecule has 0 saturated carbocycles. The molecule has 2 aromatic carbocycles. The fourth-order valence-corrected chi connectivity index (χ4v) is 3.92. The van der Waals surface area contributed by atoms with E-state index in [-0.39, 0.29) is 24.4 Å². The fourth-order valence-electron chi connectivity index (χ4n) is 3.92. The number of hydrogen-bond acceptors (Lipinski definition) is 4. The van der Waals surface area contributed by atoms with Crippen LogP contribution in [0.5, 0.6) is 5.75 Å². The van der Waals surface area contributed by atoms with Gasteiger partial charge in [-0.3, -0.25) is 9.69 Å². The molecule has 1 unspecified atom stereocenters. The van der Waals surface area contributed by atoms with Gasteiger partial charge in [0.1, 0.15) is 5.75 Å². The van der Waals surface area contributed by atoms with E-state index >= 15 is 0 Å². The van der Waals surface area contributed by atoms with Crippen LogP contribution in [-0.2, 0) is 4.79 Å². The lowest BCUT2D eigenvalue weighted by Crippen LogP contribution is -2.48. The Hall–Kier alpha value is -2.08. The standard InChI is InChI=1S/C22H29N3O2.ClH/c1-15-11-16(2)22(17(3)12-15)24-21(26)14-25-10-9-23-13-19(25)18-7-5-6-8-20(18)27-4;/h5-8,11-12,19,23H,9-10,13-14H2,1-4H3,(H,24,26);1H. The zero-order chi connectivity index (χ0) is 19.4. The van der Waals surface area contributed by atoms with Crippen LogP contribution in [0.25, 0.3) is 0 Å². The number of piperazine rings is 1. The fraction of sp³-hybridized carbons (Fsp3) is 0.409. The largest absolute Gasteiger partial charge is 0.496 e. The molecule has 152 valence electrons. The number of para-hydroxylation sites is 1. The summed E-state index contributed by atoms with van der Waals surface area (Å²) in [5, 5.41) is 6.55. The van der Waals surface area contributed by atoms with Crippen molar-refractivity contribution in [1.82, 2.24) is 10.2 Å². The van der Waals surface area contributed by atoms with Crippen molar-refractivity contribution < 1.29 is 9.53 Å². The summed E-state index contributed by atoms with van der Waals surface area (Å²) in [6.45, 7) is 9.01. The molecule has 0 radical (unpaired) electrons. The van der Waals surface area contributed by atoms with Gasteiger partial charge in [0.15, 0.2) is 0 Å². The van der Waals surface area contributed by atoms with Crippen LogP contribution in [0.3, 0.4) is 0 Å². The molecule has 1 aliphatic heterocycles. The molecule has 2 aromatic rings. The Labute approximate surface area is 173 Å². The van der Waals surface area contributed by atoms with Crippen LogP contribution in [0.4, 0.5) is 5.69 Å². The van der Waals surface area contributed by atoms with Crippen LogP contribution < -0.4 is 15.4 Å². The number of nitrogens with zero attached hydrogens (tertiary/aromatic N) is 1. The third-order valence-electron chi connectivity index (χ3n) is 5.14. The smallest absolute Gasteiger partial charge is 0.238 e. The summed E-state index contributed by atoms with van der Waals surface area (Å²) < 4.78 is 5.54.